The van der Waals surface area contributed by atoms with E-state index in [2.05, 4.69) is 31.5 Å². The van der Waals surface area contributed by atoms with E-state index < -0.39 is 0 Å². The predicted octanol–water partition coefficient (Wildman–Crippen LogP) is 3.79. The Morgan fingerprint density at radius 2 is 2.29 bits per heavy atom. The molecule has 0 nitrogen and oxygen atoms in total. The number of aryl methyl sites for hydroxylation is 2. The van der Waals surface area contributed by atoms with Gasteiger partial charge in [0.15, 0.2) is 0 Å². The van der Waals surface area contributed by atoms with Crippen LogP contribution in [0.15, 0.2) is 18.2 Å². The van der Waals surface area contributed by atoms with E-state index in [-0.39, 0.29) is 0 Å². The maximum Gasteiger partial charge on any atom is 0.0167 e. The molecule has 0 saturated carbocycles. The highest BCUT2D eigenvalue weighted by Gasteiger charge is 2.09. The summed E-state index contributed by atoms with van der Waals surface area (Å²) in [6.07, 6.45) is 11.0. The van der Waals surface area contributed by atoms with Crippen LogP contribution in [0.2, 0.25) is 0 Å². The van der Waals surface area contributed by atoms with Crippen molar-refractivity contribution in [3.05, 3.63) is 41.3 Å². The summed E-state index contributed by atoms with van der Waals surface area (Å²) < 4.78 is 0. The van der Waals surface area contributed by atoms with Gasteiger partial charge in [-0.1, -0.05) is 31.5 Å². The van der Waals surface area contributed by atoms with Crippen LogP contribution in [0.4, 0.5) is 0 Å². The van der Waals surface area contributed by atoms with E-state index in [9.17, 15) is 0 Å². The first kappa shape index (κ1) is 9.76. The van der Waals surface area contributed by atoms with Gasteiger partial charge in [-0.25, -0.2) is 0 Å². The number of benzene rings is 1. The summed E-state index contributed by atoms with van der Waals surface area (Å²) in [6.45, 7) is 2.25. The Kier molecular flexibility index (Phi) is 3.23. The fourth-order valence-electron chi connectivity index (χ4n) is 2.04. The molecule has 0 fully saturated rings. The minimum absolute atomic E-state index is 1.14. The molecule has 0 atom stereocenters. The van der Waals surface area contributed by atoms with Crippen LogP contribution in [0.3, 0.4) is 0 Å². The molecule has 0 N–H and O–H groups in total. The normalized spacial score (nSPS) is 15.2. The van der Waals surface area contributed by atoms with Gasteiger partial charge < -0.3 is 0 Å². The molecule has 0 aliphatic heterocycles. The maximum absolute atomic E-state index is 3.48. The van der Waals surface area contributed by atoms with E-state index in [1.807, 2.05) is 0 Å². The van der Waals surface area contributed by atoms with Crippen LogP contribution in [0.25, 0.3) is 0 Å². The fraction of sp³-hybridized carbons (Fsp3) is 0.500. The second kappa shape index (κ2) is 4.63. The summed E-state index contributed by atoms with van der Waals surface area (Å²) in [5.74, 6) is 0. The van der Waals surface area contributed by atoms with Crippen LogP contribution in [-0.4, -0.2) is 0 Å². The number of unbranched alkanes of at least 4 members (excludes halogenated alkanes) is 1. The van der Waals surface area contributed by atoms with Crippen molar-refractivity contribution in [3.63, 3.8) is 0 Å². The Balaban J connectivity index is 2.12. The van der Waals surface area contributed by atoms with Gasteiger partial charge in [-0.05, 0) is 48.8 Å². The van der Waals surface area contributed by atoms with Gasteiger partial charge >= 0.3 is 0 Å². The van der Waals surface area contributed by atoms with Crippen molar-refractivity contribution in [2.75, 3.05) is 0 Å². The lowest BCUT2D eigenvalue weighted by Crippen LogP contribution is -2.01. The third-order valence-corrected chi connectivity index (χ3v) is 2.93. The molecule has 1 aromatic rings. The highest BCUT2D eigenvalue weighted by Crippen LogP contribution is 2.24. The van der Waals surface area contributed by atoms with Crippen LogP contribution < -0.4 is 0 Å². The highest BCUT2D eigenvalue weighted by atomic mass is 14.1. The summed E-state index contributed by atoms with van der Waals surface area (Å²) in [5, 5.41) is 0. The largest absolute Gasteiger partial charge is 0.0654 e. The molecule has 2 radical (unpaired) electrons. The Morgan fingerprint density at radius 3 is 3.14 bits per heavy atom. The van der Waals surface area contributed by atoms with Crippen LogP contribution in [0, 0.1) is 6.42 Å². The predicted molar refractivity (Wildman–Crippen MR) is 60.3 cm³/mol. The zero-order chi connectivity index (χ0) is 9.80. The van der Waals surface area contributed by atoms with Gasteiger partial charge in [0.05, 0.1) is 0 Å². The molecule has 2 rings (SSSR count). The van der Waals surface area contributed by atoms with E-state index in [1.54, 1.807) is 0 Å². The van der Waals surface area contributed by atoms with Crippen LogP contribution in [0.5, 0.6) is 0 Å². The van der Waals surface area contributed by atoms with Crippen molar-refractivity contribution in [2.45, 2.75) is 45.4 Å². The summed E-state index contributed by atoms with van der Waals surface area (Å²) in [4.78, 5) is 0. The molecule has 0 saturated heterocycles. The van der Waals surface area contributed by atoms with Crippen molar-refractivity contribution in [1.82, 2.24) is 0 Å². The molecule has 1 aromatic carbocycles. The average molecular weight is 186 g/mol. The van der Waals surface area contributed by atoms with Crippen molar-refractivity contribution >= 4 is 0 Å². The summed E-state index contributed by atoms with van der Waals surface area (Å²) in [6, 6.07) is 6.93. The van der Waals surface area contributed by atoms with Crippen LogP contribution in [-0.2, 0) is 12.8 Å². The molecule has 0 heterocycles. The van der Waals surface area contributed by atoms with E-state index in [4.69, 9.17) is 0 Å². The van der Waals surface area contributed by atoms with Crippen molar-refractivity contribution in [3.8, 4) is 0 Å². The molecular formula is C14H18. The highest BCUT2D eigenvalue weighted by molar-refractivity contribution is 5.38. The molecule has 0 unspecified atom stereocenters. The van der Waals surface area contributed by atoms with Gasteiger partial charge in [-0.3, -0.25) is 0 Å². The first-order valence-corrected chi connectivity index (χ1v) is 5.76. The second-order valence-electron chi connectivity index (χ2n) is 4.13. The Hall–Kier alpha value is -0.780. The van der Waals surface area contributed by atoms with Gasteiger partial charge in [-0.15, -0.1) is 0 Å². The average Bonchev–Trinajstić information content (AvgIpc) is 2.26. The maximum atomic E-state index is 3.48. The summed E-state index contributed by atoms with van der Waals surface area (Å²) in [5.41, 5.74) is 4.36. The first-order chi connectivity index (χ1) is 6.90. The lowest BCUT2D eigenvalue weighted by Gasteiger charge is -2.15. The molecule has 1 aliphatic carbocycles. The SMILES string of the molecule is CCCCc1ccc2c(c1)[C]CCC2. The van der Waals surface area contributed by atoms with E-state index in [1.165, 1.54) is 48.8 Å². The van der Waals surface area contributed by atoms with Gasteiger partial charge in [0, 0.05) is 6.42 Å². The number of rotatable bonds is 3. The van der Waals surface area contributed by atoms with Gasteiger partial charge in [0.2, 0.25) is 0 Å². The number of fused-ring (bicyclic) bond motifs is 1. The fourth-order valence-corrected chi connectivity index (χ4v) is 2.04. The molecule has 0 spiro atoms. The summed E-state index contributed by atoms with van der Waals surface area (Å²) >= 11 is 0. The standard InChI is InChI=1S/C14H18/c1-2-3-6-12-9-10-13-7-4-5-8-14(13)11-12/h9-11H,2-7H2,1H3. The molecule has 14 heavy (non-hydrogen) atoms. The zero-order valence-corrected chi connectivity index (χ0v) is 8.97. The van der Waals surface area contributed by atoms with Gasteiger partial charge in [0.1, 0.15) is 0 Å². The third kappa shape index (κ3) is 2.17. The van der Waals surface area contributed by atoms with Gasteiger partial charge in [0.25, 0.3) is 0 Å². The molecule has 0 amide bonds. The van der Waals surface area contributed by atoms with E-state index in [0.717, 1.165) is 6.42 Å². The molecule has 0 bridgehead atoms. The molecule has 74 valence electrons. The van der Waals surface area contributed by atoms with Crippen LogP contribution >= 0.6 is 0 Å². The van der Waals surface area contributed by atoms with Gasteiger partial charge in [-0.2, -0.15) is 0 Å². The van der Waals surface area contributed by atoms with E-state index in [0.29, 0.717) is 0 Å². The lowest BCUT2D eigenvalue weighted by molar-refractivity contribution is 0.765. The first-order valence-electron chi connectivity index (χ1n) is 5.76. The minimum atomic E-state index is 1.14. The second-order valence-corrected chi connectivity index (χ2v) is 4.13. The Morgan fingerprint density at radius 1 is 1.36 bits per heavy atom. The zero-order valence-electron chi connectivity index (χ0n) is 8.97. The molecule has 0 heteroatoms. The smallest absolute Gasteiger partial charge is 0.0167 e. The van der Waals surface area contributed by atoms with Crippen molar-refractivity contribution < 1.29 is 0 Å². The monoisotopic (exact) mass is 186 g/mol. The minimum Gasteiger partial charge on any atom is -0.0654 e. The summed E-state index contributed by atoms with van der Waals surface area (Å²) in [7, 11) is 0. The Labute approximate surface area is 87.3 Å². The van der Waals surface area contributed by atoms with E-state index >= 15 is 0 Å². The lowest BCUT2D eigenvalue weighted by atomic mass is 9.89. The number of hydrogen-bond donors (Lipinski definition) is 0. The third-order valence-electron chi connectivity index (χ3n) is 2.93. The Bertz CT molecular complexity index is 299. The van der Waals surface area contributed by atoms with Crippen molar-refractivity contribution in [2.24, 2.45) is 0 Å². The van der Waals surface area contributed by atoms with Crippen molar-refractivity contribution in [1.29, 1.82) is 0 Å². The molecule has 0 aromatic heterocycles. The quantitative estimate of drug-likeness (QED) is 0.673. The topological polar surface area (TPSA) is 0 Å². The molecular weight excluding hydrogens is 168 g/mol. The molecule has 1 aliphatic rings. The van der Waals surface area contributed by atoms with Crippen LogP contribution in [0.1, 0.15) is 49.3 Å². The number of hydrogen-bond acceptors (Lipinski definition) is 0.